The highest BCUT2D eigenvalue weighted by Gasteiger charge is 2.08. The molecule has 1 aromatic rings. The molecule has 0 radical (unpaired) electrons. The molecule has 4 nitrogen and oxygen atoms in total. The molecule has 98 valence electrons. The molecule has 0 spiro atoms. The maximum Gasteiger partial charge on any atom is 0.0992 e. The van der Waals surface area contributed by atoms with E-state index in [4.69, 9.17) is 21.6 Å². The van der Waals surface area contributed by atoms with Crippen LogP contribution >= 0.6 is 11.6 Å². The fourth-order valence-electron chi connectivity index (χ4n) is 1.53. The van der Waals surface area contributed by atoms with Gasteiger partial charge in [-0.2, -0.15) is 5.26 Å². The van der Waals surface area contributed by atoms with Crippen molar-refractivity contribution in [2.24, 2.45) is 0 Å². The number of rotatable bonds is 7. The van der Waals surface area contributed by atoms with Crippen molar-refractivity contribution >= 4 is 11.6 Å². The zero-order valence-corrected chi connectivity index (χ0v) is 11.1. The first-order valence-corrected chi connectivity index (χ1v) is 6.10. The molecule has 0 aliphatic carbocycles. The van der Waals surface area contributed by atoms with Crippen LogP contribution in [0.5, 0.6) is 0 Å². The lowest BCUT2D eigenvalue weighted by Crippen LogP contribution is -2.33. The zero-order valence-electron chi connectivity index (χ0n) is 10.3. The van der Waals surface area contributed by atoms with Gasteiger partial charge in [0.1, 0.15) is 0 Å². The summed E-state index contributed by atoms with van der Waals surface area (Å²) in [5.74, 6) is 0. The molecule has 1 unspecified atom stereocenters. The Bertz CT molecular complexity index is 418. The Kier molecular flexibility index (Phi) is 6.69. The molecule has 0 saturated carbocycles. The predicted octanol–water partition coefficient (Wildman–Crippen LogP) is 1.70. The van der Waals surface area contributed by atoms with Gasteiger partial charge in [0, 0.05) is 31.3 Å². The quantitative estimate of drug-likeness (QED) is 0.790. The molecular weight excluding hydrogens is 252 g/mol. The van der Waals surface area contributed by atoms with E-state index in [1.165, 1.54) is 0 Å². The second-order valence-electron chi connectivity index (χ2n) is 3.96. The number of benzene rings is 1. The van der Waals surface area contributed by atoms with Crippen LogP contribution in [0.25, 0.3) is 0 Å². The highest BCUT2D eigenvalue weighted by molar-refractivity contribution is 6.31. The molecule has 0 saturated heterocycles. The Hall–Kier alpha value is -1.12. The van der Waals surface area contributed by atoms with Crippen LogP contribution in [0.15, 0.2) is 18.2 Å². The van der Waals surface area contributed by atoms with Crippen LogP contribution in [-0.4, -0.2) is 31.5 Å². The second-order valence-corrected chi connectivity index (χ2v) is 4.37. The standard InChI is InChI=1S/C13H17ClN2O2/c1-18-5-4-12(9-17)16-8-11-3-2-10(7-15)6-13(11)14/h2-3,6,12,16-17H,4-5,8-9H2,1H3. The maximum absolute atomic E-state index is 9.19. The number of methoxy groups -OCH3 is 1. The van der Waals surface area contributed by atoms with E-state index in [1.807, 2.05) is 12.1 Å². The van der Waals surface area contributed by atoms with E-state index in [2.05, 4.69) is 5.32 Å². The van der Waals surface area contributed by atoms with Gasteiger partial charge in [0.15, 0.2) is 0 Å². The van der Waals surface area contributed by atoms with Gasteiger partial charge < -0.3 is 15.2 Å². The predicted molar refractivity (Wildman–Crippen MR) is 70.4 cm³/mol. The summed E-state index contributed by atoms with van der Waals surface area (Å²) >= 11 is 6.06. The van der Waals surface area contributed by atoms with Gasteiger partial charge in [-0.15, -0.1) is 0 Å². The van der Waals surface area contributed by atoms with Crippen LogP contribution < -0.4 is 5.32 Å². The molecule has 0 aromatic heterocycles. The molecule has 0 aliphatic rings. The smallest absolute Gasteiger partial charge is 0.0992 e. The van der Waals surface area contributed by atoms with Gasteiger partial charge in [0.2, 0.25) is 0 Å². The molecule has 1 aromatic carbocycles. The van der Waals surface area contributed by atoms with Crippen LogP contribution in [0.3, 0.4) is 0 Å². The summed E-state index contributed by atoms with van der Waals surface area (Å²) < 4.78 is 4.97. The average Bonchev–Trinajstić information content (AvgIpc) is 2.40. The number of hydrogen-bond donors (Lipinski definition) is 2. The Morgan fingerprint density at radius 2 is 2.33 bits per heavy atom. The first-order chi connectivity index (χ1) is 8.71. The Morgan fingerprint density at radius 1 is 1.56 bits per heavy atom. The topological polar surface area (TPSA) is 65.3 Å². The third kappa shape index (κ3) is 4.63. The molecule has 0 bridgehead atoms. The largest absolute Gasteiger partial charge is 0.395 e. The van der Waals surface area contributed by atoms with Crippen molar-refractivity contribution in [2.75, 3.05) is 20.3 Å². The summed E-state index contributed by atoms with van der Waals surface area (Å²) in [7, 11) is 1.63. The number of nitriles is 1. The molecule has 1 rings (SSSR count). The molecule has 0 amide bonds. The van der Waals surface area contributed by atoms with E-state index >= 15 is 0 Å². The lowest BCUT2D eigenvalue weighted by Gasteiger charge is -2.16. The van der Waals surface area contributed by atoms with Gasteiger partial charge in [-0.1, -0.05) is 17.7 Å². The highest BCUT2D eigenvalue weighted by atomic mass is 35.5. The fourth-order valence-corrected chi connectivity index (χ4v) is 1.78. The number of aliphatic hydroxyl groups is 1. The summed E-state index contributed by atoms with van der Waals surface area (Å²) in [5.41, 5.74) is 1.45. The number of halogens is 1. The maximum atomic E-state index is 9.19. The molecular formula is C13H17ClN2O2. The van der Waals surface area contributed by atoms with Crippen LogP contribution in [0.2, 0.25) is 5.02 Å². The van der Waals surface area contributed by atoms with E-state index in [9.17, 15) is 5.11 Å². The molecule has 0 fully saturated rings. The van der Waals surface area contributed by atoms with Gasteiger partial charge in [0.05, 0.1) is 18.2 Å². The number of nitrogens with one attached hydrogen (secondary N) is 1. The van der Waals surface area contributed by atoms with Crippen molar-refractivity contribution in [1.29, 1.82) is 5.26 Å². The second kappa shape index (κ2) is 8.06. The Morgan fingerprint density at radius 3 is 2.89 bits per heavy atom. The van der Waals surface area contributed by atoms with Crippen LogP contribution in [0, 0.1) is 11.3 Å². The van der Waals surface area contributed by atoms with Crippen LogP contribution in [-0.2, 0) is 11.3 Å². The van der Waals surface area contributed by atoms with E-state index in [-0.39, 0.29) is 12.6 Å². The summed E-state index contributed by atoms with van der Waals surface area (Å²) in [4.78, 5) is 0. The van der Waals surface area contributed by atoms with Crippen molar-refractivity contribution in [3.05, 3.63) is 34.3 Å². The molecule has 0 heterocycles. The van der Waals surface area contributed by atoms with Crippen molar-refractivity contribution in [1.82, 2.24) is 5.32 Å². The van der Waals surface area contributed by atoms with Crippen molar-refractivity contribution < 1.29 is 9.84 Å². The minimum Gasteiger partial charge on any atom is -0.395 e. The highest BCUT2D eigenvalue weighted by Crippen LogP contribution is 2.17. The average molecular weight is 269 g/mol. The van der Waals surface area contributed by atoms with Crippen molar-refractivity contribution in [3.8, 4) is 6.07 Å². The first kappa shape index (κ1) is 14.9. The Balaban J connectivity index is 2.54. The molecule has 0 aliphatic heterocycles. The minimum absolute atomic E-state index is 0.0170. The Labute approximate surface area is 112 Å². The number of hydrogen-bond acceptors (Lipinski definition) is 4. The third-order valence-corrected chi connectivity index (χ3v) is 3.01. The van der Waals surface area contributed by atoms with Crippen LogP contribution in [0.4, 0.5) is 0 Å². The SMILES string of the molecule is COCCC(CO)NCc1ccc(C#N)cc1Cl. The summed E-state index contributed by atoms with van der Waals surface area (Å²) in [6.07, 6.45) is 0.737. The van der Waals surface area contributed by atoms with Gasteiger partial charge in [-0.3, -0.25) is 0 Å². The summed E-state index contributed by atoms with van der Waals surface area (Å²) in [6.45, 7) is 1.20. The molecule has 5 heteroatoms. The lowest BCUT2D eigenvalue weighted by atomic mass is 10.1. The molecule has 1 atom stereocenters. The monoisotopic (exact) mass is 268 g/mol. The zero-order chi connectivity index (χ0) is 13.4. The van der Waals surface area contributed by atoms with Crippen LogP contribution in [0.1, 0.15) is 17.5 Å². The third-order valence-electron chi connectivity index (χ3n) is 2.65. The van der Waals surface area contributed by atoms with E-state index in [0.717, 1.165) is 12.0 Å². The van der Waals surface area contributed by atoms with Crippen molar-refractivity contribution in [2.45, 2.75) is 19.0 Å². The number of aliphatic hydroxyl groups excluding tert-OH is 1. The molecule has 18 heavy (non-hydrogen) atoms. The van der Waals surface area contributed by atoms with Gasteiger partial charge in [-0.05, 0) is 24.1 Å². The van der Waals surface area contributed by atoms with E-state index < -0.39 is 0 Å². The number of ether oxygens (including phenoxy) is 1. The van der Waals surface area contributed by atoms with E-state index in [0.29, 0.717) is 23.7 Å². The minimum atomic E-state index is -0.0170. The normalized spacial score (nSPS) is 12.1. The summed E-state index contributed by atoms with van der Waals surface area (Å²) in [6, 6.07) is 7.21. The first-order valence-electron chi connectivity index (χ1n) is 5.73. The van der Waals surface area contributed by atoms with Gasteiger partial charge in [-0.25, -0.2) is 0 Å². The van der Waals surface area contributed by atoms with Gasteiger partial charge >= 0.3 is 0 Å². The fraction of sp³-hybridized carbons (Fsp3) is 0.462. The van der Waals surface area contributed by atoms with E-state index in [1.54, 1.807) is 19.2 Å². The number of nitrogens with zero attached hydrogens (tertiary/aromatic N) is 1. The van der Waals surface area contributed by atoms with Gasteiger partial charge in [0.25, 0.3) is 0 Å². The lowest BCUT2D eigenvalue weighted by molar-refractivity contribution is 0.159. The molecule has 2 N–H and O–H groups in total. The van der Waals surface area contributed by atoms with Crippen molar-refractivity contribution in [3.63, 3.8) is 0 Å². The summed E-state index contributed by atoms with van der Waals surface area (Å²) in [5, 5.41) is 21.7.